The van der Waals surface area contributed by atoms with Crippen LogP contribution in [-0.2, 0) is 52.0 Å². The van der Waals surface area contributed by atoms with Gasteiger partial charge in [0.05, 0.1) is 27.9 Å². The molecular formula is C80H94ClF3N16O4S4. The summed E-state index contributed by atoms with van der Waals surface area (Å²) in [6.07, 6.45) is 8.75. The molecule has 4 atom stereocenters. The summed E-state index contributed by atoms with van der Waals surface area (Å²) in [5.74, 6) is 4.17. The molecular weight excluding hydrogens is 1470 g/mol. The molecule has 570 valence electrons. The van der Waals surface area contributed by atoms with Gasteiger partial charge in [-0.3, -0.25) is 0 Å². The summed E-state index contributed by atoms with van der Waals surface area (Å²) in [6, 6.07) is 41.0. The lowest BCUT2D eigenvalue weighted by atomic mass is 9.97. The van der Waals surface area contributed by atoms with Crippen molar-refractivity contribution in [2.75, 3.05) is 65.9 Å². The standard InChI is InChI=1S/2C20H24N4O2S.C20H24N4S.C15H20N2S.C5H2ClF3N2/c2*1-13(2)19-18-11-15-5-6-16(27(4,25)26)12-17(15)23(18)9-10-24(19)20-21-8-7-14(3)22-20;1-13(2)19-18-11-15-5-6-16(25-4)12-17(15)23(18)9-10-24(19)20-21-8-7-14(3)22-20;1-10(2)15-14-8-11-4-5-12(18-3)9-13(11)17(14)7-6-16-15;6-4-10-2-1-3(11-4)5(7,8)9/h2*5-8,11-13,19H,9-10H2,1-4H3;5-8,11-13,19H,9-10H2,1-4H3;4-5,8-10,15-16H,6-7H2,1-3H3;1-2H/t2*19-;;;/m10.../s1. The van der Waals surface area contributed by atoms with E-state index in [1.165, 1.54) is 66.9 Å². The zero-order valence-electron chi connectivity index (χ0n) is 63.6. The molecule has 4 aliphatic heterocycles. The van der Waals surface area contributed by atoms with E-state index in [-0.39, 0.29) is 12.1 Å². The molecule has 1 N–H and O–H groups in total. The number of alkyl halides is 3. The minimum atomic E-state index is -4.45. The minimum absolute atomic E-state index is 0.134. The Bertz CT molecular complexity index is 5310. The number of nitrogens with one attached hydrogen (secondary N) is 1. The summed E-state index contributed by atoms with van der Waals surface area (Å²) in [7, 11) is -6.46. The van der Waals surface area contributed by atoms with Crippen molar-refractivity contribution in [2.45, 2.75) is 152 Å². The van der Waals surface area contributed by atoms with E-state index < -0.39 is 36.8 Å². The second-order valence-electron chi connectivity index (χ2n) is 29.2. The van der Waals surface area contributed by atoms with Crippen LogP contribution in [0.25, 0.3) is 43.6 Å². The summed E-state index contributed by atoms with van der Waals surface area (Å²) in [5, 5.41) is 8.06. The minimum Gasteiger partial charge on any atom is -0.342 e. The summed E-state index contributed by atoms with van der Waals surface area (Å²) >= 11 is 8.74. The van der Waals surface area contributed by atoms with Crippen LogP contribution in [0.5, 0.6) is 0 Å². The zero-order chi connectivity index (χ0) is 77.4. The van der Waals surface area contributed by atoms with Crippen LogP contribution < -0.4 is 20.0 Å². The van der Waals surface area contributed by atoms with Crippen molar-refractivity contribution < 1.29 is 30.0 Å². The van der Waals surface area contributed by atoms with Crippen LogP contribution in [-0.4, -0.2) is 126 Å². The van der Waals surface area contributed by atoms with Crippen LogP contribution in [0.15, 0.2) is 166 Å². The van der Waals surface area contributed by atoms with Gasteiger partial charge >= 0.3 is 6.18 Å². The first kappa shape index (κ1) is 79.0. The van der Waals surface area contributed by atoms with Crippen molar-refractivity contribution >= 4 is 116 Å². The molecule has 0 saturated heterocycles. The lowest BCUT2D eigenvalue weighted by Gasteiger charge is -2.39. The molecule has 0 radical (unpaired) electrons. The zero-order valence-corrected chi connectivity index (χ0v) is 67.6. The van der Waals surface area contributed by atoms with Gasteiger partial charge in [-0.2, -0.15) is 13.2 Å². The fourth-order valence-corrected chi connectivity index (χ4v) is 17.6. The third-order valence-electron chi connectivity index (χ3n) is 20.2. The molecule has 0 bridgehead atoms. The molecule has 0 saturated carbocycles. The van der Waals surface area contributed by atoms with Gasteiger partial charge in [0.1, 0.15) is 5.69 Å². The molecule has 16 rings (SSSR count). The van der Waals surface area contributed by atoms with Crippen LogP contribution in [0.4, 0.5) is 31.0 Å². The highest BCUT2D eigenvalue weighted by Gasteiger charge is 2.38. The molecule has 2 unspecified atom stereocenters. The number of fused-ring (bicyclic) bond motifs is 12. The molecule has 12 heterocycles. The van der Waals surface area contributed by atoms with E-state index in [1.54, 1.807) is 48.4 Å². The smallest absolute Gasteiger partial charge is 0.342 e. The topological polar surface area (TPSA) is 213 Å². The Morgan fingerprint density at radius 1 is 0.435 bits per heavy atom. The van der Waals surface area contributed by atoms with Gasteiger partial charge < -0.3 is 38.3 Å². The molecule has 0 aliphatic carbocycles. The van der Waals surface area contributed by atoms with Crippen molar-refractivity contribution in [3.63, 3.8) is 0 Å². The lowest BCUT2D eigenvalue weighted by Crippen LogP contribution is -2.41. The number of hydrogen-bond donors (Lipinski definition) is 1. The lowest BCUT2D eigenvalue weighted by molar-refractivity contribution is -0.141. The average molecular weight is 1560 g/mol. The second-order valence-corrected chi connectivity index (χ2v) is 35.4. The van der Waals surface area contributed by atoms with Gasteiger partial charge in [-0.15, -0.1) is 23.5 Å². The number of sulfone groups is 2. The fourth-order valence-electron chi connectivity index (χ4n) is 15.3. The molecule has 4 aromatic carbocycles. The van der Waals surface area contributed by atoms with E-state index in [4.69, 9.17) is 11.6 Å². The summed E-state index contributed by atoms with van der Waals surface area (Å²) in [6.45, 7) is 31.1. The Balaban J connectivity index is 0.000000129. The summed E-state index contributed by atoms with van der Waals surface area (Å²) in [5.41, 5.74) is 11.8. The van der Waals surface area contributed by atoms with Gasteiger partial charge in [0.15, 0.2) is 19.7 Å². The van der Waals surface area contributed by atoms with Crippen LogP contribution in [0.3, 0.4) is 0 Å². The van der Waals surface area contributed by atoms with Crippen molar-refractivity contribution in [1.29, 1.82) is 0 Å². The molecule has 108 heavy (non-hydrogen) atoms. The Morgan fingerprint density at radius 3 is 1.09 bits per heavy atom. The number of hydrogen-bond acceptors (Lipinski definition) is 18. The van der Waals surface area contributed by atoms with Crippen molar-refractivity contribution in [1.82, 2.24) is 63.5 Å². The van der Waals surface area contributed by atoms with Crippen LogP contribution >= 0.6 is 35.1 Å². The second kappa shape index (κ2) is 32.5. The van der Waals surface area contributed by atoms with Crippen LogP contribution in [0, 0.1) is 44.4 Å². The number of nitrogens with zero attached hydrogens (tertiary/aromatic N) is 15. The fraction of sp³-hybridized carbons (Fsp3) is 0.400. The highest BCUT2D eigenvalue weighted by atomic mass is 35.5. The predicted molar refractivity (Wildman–Crippen MR) is 430 cm³/mol. The van der Waals surface area contributed by atoms with Gasteiger partial charge in [0.2, 0.25) is 23.1 Å². The normalized spacial score (nSPS) is 17.2. The Kier molecular flexibility index (Phi) is 23.8. The van der Waals surface area contributed by atoms with Crippen molar-refractivity contribution in [2.24, 2.45) is 23.7 Å². The average Bonchev–Trinajstić information content (AvgIpc) is 1.60. The molecule has 0 fully saturated rings. The largest absolute Gasteiger partial charge is 0.433 e. The Hall–Kier alpha value is -8.60. The Labute approximate surface area is 644 Å². The van der Waals surface area contributed by atoms with E-state index in [1.807, 2.05) is 69.1 Å². The number of rotatable bonds is 11. The Morgan fingerprint density at radius 2 is 0.778 bits per heavy atom. The number of thioether (sulfide) groups is 2. The van der Waals surface area contributed by atoms with Crippen LogP contribution in [0.1, 0.15) is 125 Å². The SMILES string of the molecule is CSc1ccc2cc3n(c2c1)CCN(c1nccc(C)n1)C3C(C)C.CSc1ccc2cc3n(c2c1)CCNC3C(C)C.Cc1ccnc(N2CCn3c(cc4ccc(S(C)(=O)=O)cc43)[C@@H]2C(C)C)n1.Cc1ccnc(N2CCn3c(cc4ccc(S(C)(=O)=O)cc43)[C@H]2C(C)C)n1.FC(F)(F)c1ccnc(Cl)n1. The first-order valence-corrected chi connectivity index (χ1v) is 42.9. The van der Waals surface area contributed by atoms with Gasteiger partial charge in [-0.1, -0.05) is 79.7 Å². The number of halogens is 4. The van der Waals surface area contributed by atoms with E-state index in [2.05, 4.69) is 207 Å². The molecule has 12 aromatic rings. The molecule has 4 aliphatic rings. The number of benzene rings is 4. The molecule has 28 heteroatoms. The van der Waals surface area contributed by atoms with E-state index in [0.29, 0.717) is 45.5 Å². The number of aryl methyl sites for hydroxylation is 3. The quantitative estimate of drug-likeness (QED) is 0.0941. The highest BCUT2D eigenvalue weighted by molar-refractivity contribution is 7.98. The first-order chi connectivity index (χ1) is 51.3. The van der Waals surface area contributed by atoms with Crippen LogP contribution in [0.2, 0.25) is 5.28 Å². The summed E-state index contributed by atoms with van der Waals surface area (Å²) < 4.78 is 92.8. The molecule has 0 spiro atoms. The van der Waals surface area contributed by atoms with E-state index in [0.717, 1.165) is 121 Å². The maximum atomic E-state index is 12.0. The van der Waals surface area contributed by atoms with Crippen molar-refractivity contribution in [3.8, 4) is 0 Å². The third kappa shape index (κ3) is 17.1. The maximum absolute atomic E-state index is 12.0. The monoisotopic (exact) mass is 1560 g/mol. The van der Waals surface area contributed by atoms with Gasteiger partial charge in [-0.05, 0) is 171 Å². The van der Waals surface area contributed by atoms with Gasteiger partial charge in [0, 0.05) is 184 Å². The molecule has 0 amide bonds. The predicted octanol–water partition coefficient (Wildman–Crippen LogP) is 17.2. The van der Waals surface area contributed by atoms with Gasteiger partial charge in [0.25, 0.3) is 0 Å². The van der Waals surface area contributed by atoms with Crippen molar-refractivity contribution in [3.05, 3.63) is 197 Å². The highest BCUT2D eigenvalue weighted by Crippen LogP contribution is 2.43. The number of anilines is 3. The maximum Gasteiger partial charge on any atom is 0.433 e. The van der Waals surface area contributed by atoms with E-state index in [9.17, 15) is 30.0 Å². The summed E-state index contributed by atoms with van der Waals surface area (Å²) in [4.78, 5) is 44.1. The molecule has 8 aromatic heterocycles. The van der Waals surface area contributed by atoms with E-state index >= 15 is 0 Å². The third-order valence-corrected chi connectivity index (χ3v) is 24.0. The van der Waals surface area contributed by atoms with Gasteiger partial charge in [-0.25, -0.2) is 56.7 Å². The molecule has 20 nitrogen and oxygen atoms in total. The number of aromatic nitrogens is 12. The first-order valence-electron chi connectivity index (χ1n) is 36.3.